The van der Waals surface area contributed by atoms with Gasteiger partial charge in [-0.3, -0.25) is 0 Å². The number of benzene rings is 1. The molecule has 2 nitrogen and oxygen atoms in total. The Bertz CT molecular complexity index is 449. The summed E-state index contributed by atoms with van der Waals surface area (Å²) in [5.41, 5.74) is 1.25. The Balaban J connectivity index is 2.04. The van der Waals surface area contributed by atoms with Crippen LogP contribution in [0.5, 0.6) is 5.75 Å². The molecule has 0 amide bonds. The van der Waals surface area contributed by atoms with E-state index in [4.69, 9.17) is 4.74 Å². The summed E-state index contributed by atoms with van der Waals surface area (Å²) >= 11 is 3.66. The van der Waals surface area contributed by atoms with E-state index < -0.39 is 0 Å². The van der Waals surface area contributed by atoms with Crippen LogP contribution in [0.4, 0.5) is 0 Å². The molecule has 3 atom stereocenters. The lowest BCUT2D eigenvalue weighted by Gasteiger charge is -2.33. The van der Waals surface area contributed by atoms with Crippen LogP contribution in [0.3, 0.4) is 0 Å². The van der Waals surface area contributed by atoms with E-state index in [-0.39, 0.29) is 0 Å². The van der Waals surface area contributed by atoms with E-state index in [0.717, 1.165) is 41.6 Å². The molecule has 1 aromatic rings. The summed E-state index contributed by atoms with van der Waals surface area (Å²) in [6, 6.07) is 6.33. The first-order chi connectivity index (χ1) is 10.1. The van der Waals surface area contributed by atoms with Crippen molar-refractivity contribution in [2.45, 2.75) is 59.1 Å². The summed E-state index contributed by atoms with van der Waals surface area (Å²) in [6.07, 6.45) is 5.14. The normalized spacial score (nSPS) is 25.8. The Morgan fingerprint density at radius 1 is 1.24 bits per heavy atom. The molecule has 3 heteroatoms. The molecule has 1 aliphatic carbocycles. The van der Waals surface area contributed by atoms with Crippen molar-refractivity contribution in [3.05, 3.63) is 28.2 Å². The van der Waals surface area contributed by atoms with Crippen molar-refractivity contribution in [2.24, 2.45) is 11.8 Å². The first kappa shape index (κ1) is 16.8. The van der Waals surface area contributed by atoms with Gasteiger partial charge in [-0.15, -0.1) is 0 Å². The van der Waals surface area contributed by atoms with Gasteiger partial charge in [0.15, 0.2) is 0 Å². The number of hydrogen-bond donors (Lipinski definition) is 1. The summed E-state index contributed by atoms with van der Waals surface area (Å²) in [5.74, 6) is 2.62. The van der Waals surface area contributed by atoms with Crippen LogP contribution >= 0.6 is 15.9 Å². The number of ether oxygens (including phenoxy) is 1. The van der Waals surface area contributed by atoms with E-state index in [1.807, 2.05) is 0 Å². The third kappa shape index (κ3) is 4.72. The van der Waals surface area contributed by atoms with Gasteiger partial charge >= 0.3 is 0 Å². The maximum Gasteiger partial charge on any atom is 0.138 e. The molecule has 118 valence electrons. The van der Waals surface area contributed by atoms with E-state index in [0.29, 0.717) is 6.10 Å². The first-order valence-corrected chi connectivity index (χ1v) is 9.05. The Hall–Kier alpha value is -0.540. The van der Waals surface area contributed by atoms with E-state index in [1.54, 1.807) is 0 Å². The van der Waals surface area contributed by atoms with Crippen LogP contribution in [-0.4, -0.2) is 12.6 Å². The molecule has 0 saturated heterocycles. The Kier molecular flexibility index (Phi) is 6.56. The van der Waals surface area contributed by atoms with Crippen LogP contribution in [0.25, 0.3) is 0 Å². The lowest BCUT2D eigenvalue weighted by atomic mass is 9.80. The SMILES string of the molecule is CCCNCc1cccc(Br)c1OC1CCC(C)C(C)C1. The quantitative estimate of drug-likeness (QED) is 0.713. The molecule has 0 radical (unpaired) electrons. The molecule has 0 heterocycles. The van der Waals surface area contributed by atoms with E-state index in [2.05, 4.69) is 60.2 Å². The summed E-state index contributed by atoms with van der Waals surface area (Å²) in [6.45, 7) is 8.82. The Morgan fingerprint density at radius 3 is 2.76 bits per heavy atom. The second kappa shape index (κ2) is 8.19. The predicted octanol–water partition coefficient (Wildman–Crippen LogP) is 5.15. The predicted molar refractivity (Wildman–Crippen MR) is 92.7 cm³/mol. The second-order valence-electron chi connectivity index (χ2n) is 6.41. The minimum absolute atomic E-state index is 0.361. The van der Waals surface area contributed by atoms with Crippen molar-refractivity contribution in [2.75, 3.05) is 6.54 Å². The Morgan fingerprint density at radius 2 is 2.05 bits per heavy atom. The van der Waals surface area contributed by atoms with Gasteiger partial charge in [0, 0.05) is 12.1 Å². The van der Waals surface area contributed by atoms with Gasteiger partial charge in [0.1, 0.15) is 5.75 Å². The van der Waals surface area contributed by atoms with Gasteiger partial charge in [-0.1, -0.05) is 32.9 Å². The Labute approximate surface area is 137 Å². The van der Waals surface area contributed by atoms with Crippen molar-refractivity contribution < 1.29 is 4.74 Å². The molecule has 1 fully saturated rings. The zero-order chi connectivity index (χ0) is 15.2. The standard InChI is InChI=1S/C18H28BrNO/c1-4-10-20-12-15-6-5-7-17(19)18(15)21-16-9-8-13(2)14(3)11-16/h5-7,13-14,16,20H,4,8-12H2,1-3H3. The summed E-state index contributed by atoms with van der Waals surface area (Å²) < 4.78 is 7.45. The zero-order valence-corrected chi connectivity index (χ0v) is 15.1. The molecule has 3 unspecified atom stereocenters. The maximum absolute atomic E-state index is 6.38. The molecule has 1 aliphatic rings. The summed E-state index contributed by atoms with van der Waals surface area (Å²) in [4.78, 5) is 0. The molecular formula is C18H28BrNO. The van der Waals surface area contributed by atoms with Crippen LogP contribution in [0.1, 0.15) is 52.0 Å². The van der Waals surface area contributed by atoms with Crippen molar-refractivity contribution in [3.8, 4) is 5.75 Å². The number of halogens is 1. The topological polar surface area (TPSA) is 21.3 Å². The average molecular weight is 354 g/mol. The monoisotopic (exact) mass is 353 g/mol. The van der Waals surface area contributed by atoms with Crippen LogP contribution in [0.2, 0.25) is 0 Å². The van der Waals surface area contributed by atoms with Gasteiger partial charge < -0.3 is 10.1 Å². The van der Waals surface area contributed by atoms with E-state index in [1.165, 1.54) is 24.8 Å². The van der Waals surface area contributed by atoms with E-state index >= 15 is 0 Å². The molecule has 0 spiro atoms. The number of hydrogen-bond acceptors (Lipinski definition) is 2. The molecule has 1 saturated carbocycles. The molecule has 1 aromatic carbocycles. The average Bonchev–Trinajstić information content (AvgIpc) is 2.46. The fraction of sp³-hybridized carbons (Fsp3) is 0.667. The first-order valence-electron chi connectivity index (χ1n) is 8.26. The van der Waals surface area contributed by atoms with Gasteiger partial charge in [0.05, 0.1) is 10.6 Å². The highest BCUT2D eigenvalue weighted by molar-refractivity contribution is 9.10. The third-order valence-electron chi connectivity index (χ3n) is 4.63. The van der Waals surface area contributed by atoms with Crippen LogP contribution in [0.15, 0.2) is 22.7 Å². The number of rotatable bonds is 6. The molecule has 2 rings (SSSR count). The van der Waals surface area contributed by atoms with Crippen LogP contribution in [-0.2, 0) is 6.54 Å². The number of para-hydroxylation sites is 1. The molecule has 21 heavy (non-hydrogen) atoms. The van der Waals surface area contributed by atoms with Crippen molar-refractivity contribution in [3.63, 3.8) is 0 Å². The van der Waals surface area contributed by atoms with Gasteiger partial charge in [-0.2, -0.15) is 0 Å². The highest BCUT2D eigenvalue weighted by Gasteiger charge is 2.26. The van der Waals surface area contributed by atoms with Crippen molar-refractivity contribution in [1.82, 2.24) is 5.32 Å². The highest BCUT2D eigenvalue weighted by atomic mass is 79.9. The molecule has 0 aliphatic heterocycles. The number of nitrogens with one attached hydrogen (secondary N) is 1. The second-order valence-corrected chi connectivity index (χ2v) is 7.27. The van der Waals surface area contributed by atoms with E-state index in [9.17, 15) is 0 Å². The molecular weight excluding hydrogens is 326 g/mol. The van der Waals surface area contributed by atoms with Gasteiger partial charge in [0.25, 0.3) is 0 Å². The third-order valence-corrected chi connectivity index (χ3v) is 5.25. The van der Waals surface area contributed by atoms with Crippen molar-refractivity contribution in [1.29, 1.82) is 0 Å². The fourth-order valence-corrected chi connectivity index (χ4v) is 3.50. The molecule has 1 N–H and O–H groups in total. The van der Waals surface area contributed by atoms with Crippen LogP contribution in [0, 0.1) is 11.8 Å². The summed E-state index contributed by atoms with van der Waals surface area (Å²) in [5, 5.41) is 3.47. The van der Waals surface area contributed by atoms with Gasteiger partial charge in [-0.25, -0.2) is 0 Å². The smallest absolute Gasteiger partial charge is 0.138 e. The minimum atomic E-state index is 0.361. The van der Waals surface area contributed by atoms with Crippen molar-refractivity contribution >= 4 is 15.9 Å². The lowest BCUT2D eigenvalue weighted by Crippen LogP contribution is -2.29. The van der Waals surface area contributed by atoms with Gasteiger partial charge in [0.2, 0.25) is 0 Å². The van der Waals surface area contributed by atoms with Crippen LogP contribution < -0.4 is 10.1 Å². The largest absolute Gasteiger partial charge is 0.489 e. The fourth-order valence-electron chi connectivity index (χ4n) is 3.00. The molecule has 0 aromatic heterocycles. The minimum Gasteiger partial charge on any atom is -0.489 e. The zero-order valence-electron chi connectivity index (χ0n) is 13.5. The van der Waals surface area contributed by atoms with Gasteiger partial charge in [-0.05, 0) is 66.1 Å². The maximum atomic E-state index is 6.38. The summed E-state index contributed by atoms with van der Waals surface area (Å²) in [7, 11) is 0. The lowest BCUT2D eigenvalue weighted by molar-refractivity contribution is 0.0989. The highest BCUT2D eigenvalue weighted by Crippen LogP contribution is 2.35. The molecule has 0 bridgehead atoms.